The van der Waals surface area contributed by atoms with Crippen LogP contribution in [-0.4, -0.2) is 34.9 Å². The second kappa shape index (κ2) is 5.56. The summed E-state index contributed by atoms with van der Waals surface area (Å²) in [4.78, 5) is 22.6. The van der Waals surface area contributed by atoms with Gasteiger partial charge in [-0.1, -0.05) is 0 Å². The van der Waals surface area contributed by atoms with Gasteiger partial charge in [0.1, 0.15) is 5.60 Å². The van der Waals surface area contributed by atoms with Crippen molar-refractivity contribution in [1.82, 2.24) is 5.32 Å². The third-order valence-corrected chi connectivity index (χ3v) is 2.92. The largest absolute Gasteiger partial charge is 0.444 e. The van der Waals surface area contributed by atoms with Gasteiger partial charge >= 0.3 is 6.09 Å². The third-order valence-electron chi connectivity index (χ3n) is 2.92. The monoisotopic (exact) mass is 258 g/mol. The maximum atomic E-state index is 11.6. The van der Waals surface area contributed by atoms with Gasteiger partial charge in [0.25, 0.3) is 0 Å². The summed E-state index contributed by atoms with van der Waals surface area (Å²) in [5.74, 6) is -0.707. The highest BCUT2D eigenvalue weighted by Crippen LogP contribution is 2.24. The molecule has 0 spiro atoms. The number of alkyl carbamates (subject to hydrolysis) is 1. The number of nitrogens with two attached hydrogens (primary N) is 1. The van der Waals surface area contributed by atoms with E-state index in [4.69, 9.17) is 10.5 Å². The Morgan fingerprint density at radius 1 is 1.33 bits per heavy atom. The van der Waals surface area contributed by atoms with Crippen molar-refractivity contribution in [2.24, 2.45) is 11.7 Å². The Kier molecular flexibility index (Phi) is 4.56. The number of aliphatic hydroxyl groups excluding tert-OH is 1. The van der Waals surface area contributed by atoms with E-state index in [2.05, 4.69) is 5.32 Å². The van der Waals surface area contributed by atoms with Crippen LogP contribution in [0.5, 0.6) is 0 Å². The second-order valence-corrected chi connectivity index (χ2v) is 5.73. The van der Waals surface area contributed by atoms with Crippen molar-refractivity contribution in [1.29, 1.82) is 0 Å². The average Bonchev–Trinajstić information content (AvgIpc) is 2.17. The van der Waals surface area contributed by atoms with Gasteiger partial charge in [0.2, 0.25) is 5.91 Å². The van der Waals surface area contributed by atoms with Crippen LogP contribution in [-0.2, 0) is 9.53 Å². The number of amides is 2. The number of hydrogen-bond donors (Lipinski definition) is 3. The van der Waals surface area contributed by atoms with E-state index in [0.717, 1.165) is 0 Å². The van der Waals surface area contributed by atoms with Crippen molar-refractivity contribution >= 4 is 12.0 Å². The van der Waals surface area contributed by atoms with Gasteiger partial charge in [0, 0.05) is 5.92 Å². The zero-order valence-corrected chi connectivity index (χ0v) is 11.1. The van der Waals surface area contributed by atoms with Gasteiger partial charge in [-0.3, -0.25) is 4.79 Å². The van der Waals surface area contributed by atoms with Gasteiger partial charge in [-0.05, 0) is 40.0 Å². The molecule has 0 aliphatic heterocycles. The zero-order valence-electron chi connectivity index (χ0n) is 11.1. The minimum atomic E-state index is -0.760. The SMILES string of the molecule is CC(C)(C)OC(=O)N[C@@H]1CC[C@@H](C(N)=O)C[C@@H]1O. The van der Waals surface area contributed by atoms with Crippen molar-refractivity contribution in [2.75, 3.05) is 0 Å². The number of nitrogens with one attached hydrogen (secondary N) is 1. The normalized spacial score (nSPS) is 28.6. The molecule has 1 fully saturated rings. The summed E-state index contributed by atoms with van der Waals surface area (Å²) in [6.45, 7) is 5.31. The molecule has 6 heteroatoms. The summed E-state index contributed by atoms with van der Waals surface area (Å²) >= 11 is 0. The Labute approximate surface area is 107 Å². The second-order valence-electron chi connectivity index (χ2n) is 5.73. The lowest BCUT2D eigenvalue weighted by atomic mass is 9.83. The Balaban J connectivity index is 2.45. The van der Waals surface area contributed by atoms with E-state index in [9.17, 15) is 14.7 Å². The highest BCUT2D eigenvalue weighted by atomic mass is 16.6. The van der Waals surface area contributed by atoms with Gasteiger partial charge in [0.15, 0.2) is 0 Å². The molecular formula is C12H22N2O4. The van der Waals surface area contributed by atoms with Crippen LogP contribution < -0.4 is 11.1 Å². The van der Waals surface area contributed by atoms with Crippen molar-refractivity contribution < 1.29 is 19.4 Å². The molecule has 0 aromatic heterocycles. The molecule has 1 aliphatic rings. The van der Waals surface area contributed by atoms with Gasteiger partial charge < -0.3 is 20.9 Å². The number of primary amides is 1. The van der Waals surface area contributed by atoms with E-state index in [1.54, 1.807) is 20.8 Å². The summed E-state index contributed by atoms with van der Waals surface area (Å²) in [5, 5.41) is 12.5. The lowest BCUT2D eigenvalue weighted by molar-refractivity contribution is -0.124. The van der Waals surface area contributed by atoms with Crippen LogP contribution in [0.1, 0.15) is 40.0 Å². The topological polar surface area (TPSA) is 102 Å². The van der Waals surface area contributed by atoms with Crippen LogP contribution in [0.4, 0.5) is 4.79 Å². The highest BCUT2D eigenvalue weighted by molar-refractivity contribution is 5.76. The quantitative estimate of drug-likeness (QED) is 0.672. The predicted octanol–water partition coefficient (Wildman–Crippen LogP) is 0.526. The third kappa shape index (κ3) is 4.52. The molecule has 2 amide bonds. The van der Waals surface area contributed by atoms with Crippen LogP contribution in [0.25, 0.3) is 0 Å². The fraction of sp³-hybridized carbons (Fsp3) is 0.833. The molecule has 1 rings (SSSR count). The summed E-state index contributed by atoms with van der Waals surface area (Å²) in [6.07, 6.45) is 0.0734. The molecule has 1 aliphatic carbocycles. The van der Waals surface area contributed by atoms with Gasteiger partial charge in [-0.25, -0.2) is 4.79 Å². The Morgan fingerprint density at radius 3 is 2.39 bits per heavy atom. The molecule has 3 atom stereocenters. The van der Waals surface area contributed by atoms with Crippen LogP contribution in [0, 0.1) is 5.92 Å². The molecule has 18 heavy (non-hydrogen) atoms. The van der Waals surface area contributed by atoms with E-state index in [1.165, 1.54) is 0 Å². The van der Waals surface area contributed by atoms with Crippen LogP contribution in [0.15, 0.2) is 0 Å². The molecule has 0 radical (unpaired) electrons. The van der Waals surface area contributed by atoms with E-state index in [0.29, 0.717) is 12.8 Å². The van der Waals surface area contributed by atoms with Gasteiger partial charge in [-0.15, -0.1) is 0 Å². The van der Waals surface area contributed by atoms with Crippen LogP contribution >= 0.6 is 0 Å². The summed E-state index contributed by atoms with van der Waals surface area (Å²) in [7, 11) is 0. The molecule has 0 bridgehead atoms. The number of ether oxygens (including phenoxy) is 1. The lowest BCUT2D eigenvalue weighted by Crippen LogP contribution is -2.49. The maximum Gasteiger partial charge on any atom is 0.407 e. The van der Waals surface area contributed by atoms with E-state index in [1.807, 2.05) is 0 Å². The Morgan fingerprint density at radius 2 is 1.94 bits per heavy atom. The van der Waals surface area contributed by atoms with Gasteiger partial charge in [-0.2, -0.15) is 0 Å². The van der Waals surface area contributed by atoms with Crippen molar-refractivity contribution in [3.8, 4) is 0 Å². The maximum absolute atomic E-state index is 11.6. The first-order valence-corrected chi connectivity index (χ1v) is 6.16. The zero-order chi connectivity index (χ0) is 13.9. The average molecular weight is 258 g/mol. The standard InChI is InChI=1S/C12H22N2O4/c1-12(2,3)18-11(17)14-8-5-4-7(10(13)16)6-9(8)15/h7-9,15H,4-6H2,1-3H3,(H2,13,16)(H,14,17)/t7-,8-,9+/m1/s1. The molecule has 0 saturated heterocycles. The summed E-state index contributed by atoms with van der Waals surface area (Å²) < 4.78 is 5.11. The lowest BCUT2D eigenvalue weighted by Gasteiger charge is -2.32. The number of aliphatic hydroxyl groups is 1. The molecule has 1 saturated carbocycles. The Hall–Kier alpha value is -1.30. The minimum absolute atomic E-state index is 0.287. The fourth-order valence-corrected chi connectivity index (χ4v) is 2.03. The highest BCUT2D eigenvalue weighted by Gasteiger charge is 2.33. The van der Waals surface area contributed by atoms with E-state index in [-0.39, 0.29) is 18.4 Å². The van der Waals surface area contributed by atoms with E-state index >= 15 is 0 Å². The van der Waals surface area contributed by atoms with Crippen LogP contribution in [0.2, 0.25) is 0 Å². The summed E-state index contributed by atoms with van der Waals surface area (Å²) in [6, 6.07) is -0.379. The first-order valence-electron chi connectivity index (χ1n) is 6.16. The van der Waals surface area contributed by atoms with Crippen molar-refractivity contribution in [2.45, 2.75) is 57.8 Å². The minimum Gasteiger partial charge on any atom is -0.444 e. The summed E-state index contributed by atoms with van der Waals surface area (Å²) in [5.41, 5.74) is 4.63. The fourth-order valence-electron chi connectivity index (χ4n) is 2.03. The predicted molar refractivity (Wildman–Crippen MR) is 65.7 cm³/mol. The van der Waals surface area contributed by atoms with Crippen LogP contribution in [0.3, 0.4) is 0 Å². The Bertz CT molecular complexity index is 325. The number of rotatable bonds is 2. The van der Waals surface area contributed by atoms with Crippen molar-refractivity contribution in [3.05, 3.63) is 0 Å². The number of hydrogen-bond acceptors (Lipinski definition) is 4. The van der Waals surface area contributed by atoms with Crippen molar-refractivity contribution in [3.63, 3.8) is 0 Å². The molecule has 0 unspecified atom stereocenters. The molecule has 104 valence electrons. The molecule has 0 aromatic rings. The molecule has 0 aromatic carbocycles. The van der Waals surface area contributed by atoms with E-state index < -0.39 is 23.7 Å². The number of carbonyl (C=O) groups is 2. The first-order chi connectivity index (χ1) is 8.19. The van der Waals surface area contributed by atoms with Gasteiger partial charge in [0.05, 0.1) is 12.1 Å². The first kappa shape index (κ1) is 14.8. The molecule has 0 heterocycles. The number of carbonyl (C=O) groups excluding carboxylic acids is 2. The smallest absolute Gasteiger partial charge is 0.407 e. The molecule has 6 nitrogen and oxygen atoms in total. The molecule has 4 N–H and O–H groups in total. The molecular weight excluding hydrogens is 236 g/mol.